The zero-order valence-electron chi connectivity index (χ0n) is 14.0. The summed E-state index contributed by atoms with van der Waals surface area (Å²) in [7, 11) is 0. The Balaban J connectivity index is 1.43. The number of hydrogen-bond acceptors (Lipinski definition) is 4. The molecule has 6 heteroatoms. The van der Waals surface area contributed by atoms with Crippen LogP contribution in [0, 0.1) is 5.82 Å². The Kier molecular flexibility index (Phi) is 5.95. The molecule has 1 amide bonds. The van der Waals surface area contributed by atoms with Crippen molar-refractivity contribution < 1.29 is 13.9 Å². The maximum Gasteiger partial charge on any atom is 0.269 e. The fourth-order valence-electron chi connectivity index (χ4n) is 2.74. The Labute approximate surface area is 146 Å². The van der Waals surface area contributed by atoms with E-state index in [9.17, 15) is 9.18 Å². The smallest absolute Gasteiger partial charge is 0.269 e. The minimum atomic E-state index is -0.228. The molecule has 1 unspecified atom stereocenters. The summed E-state index contributed by atoms with van der Waals surface area (Å²) in [5.74, 6) is -0.414. The predicted octanol–water partition coefficient (Wildman–Crippen LogP) is 2.78. The van der Waals surface area contributed by atoms with Gasteiger partial charge in [0.1, 0.15) is 11.5 Å². The van der Waals surface area contributed by atoms with Gasteiger partial charge in [0.2, 0.25) is 0 Å². The fraction of sp³-hybridized carbons (Fsp3) is 0.368. The van der Waals surface area contributed by atoms with Crippen LogP contribution in [0.3, 0.4) is 0 Å². The third-order valence-electron chi connectivity index (χ3n) is 4.17. The first kappa shape index (κ1) is 17.4. The first-order valence-corrected chi connectivity index (χ1v) is 8.55. The van der Waals surface area contributed by atoms with Gasteiger partial charge in [-0.25, -0.2) is 9.37 Å². The second-order valence-electron chi connectivity index (χ2n) is 6.08. The summed E-state index contributed by atoms with van der Waals surface area (Å²) in [6.45, 7) is 2.01. The van der Waals surface area contributed by atoms with E-state index in [1.165, 1.54) is 12.1 Å². The molecule has 1 saturated heterocycles. The Morgan fingerprint density at radius 1 is 1.24 bits per heavy atom. The topological polar surface area (TPSA) is 63.2 Å². The van der Waals surface area contributed by atoms with Gasteiger partial charge in [0, 0.05) is 19.7 Å². The molecule has 0 spiro atoms. The van der Waals surface area contributed by atoms with E-state index in [0.717, 1.165) is 37.1 Å². The Morgan fingerprint density at radius 2 is 2.08 bits per heavy atom. The molecule has 2 N–H and O–H groups in total. The van der Waals surface area contributed by atoms with Gasteiger partial charge in [0.25, 0.3) is 5.91 Å². The summed E-state index contributed by atoms with van der Waals surface area (Å²) in [5.41, 5.74) is 2.30. The van der Waals surface area contributed by atoms with Crippen molar-refractivity contribution >= 4 is 11.6 Å². The molecule has 0 bridgehead atoms. The molecular formula is C19H22FN3O2. The van der Waals surface area contributed by atoms with E-state index in [0.29, 0.717) is 18.8 Å². The number of halogens is 1. The average Bonchev–Trinajstić information content (AvgIpc) is 3.15. The Morgan fingerprint density at radius 3 is 2.76 bits per heavy atom. The van der Waals surface area contributed by atoms with Crippen LogP contribution in [0.25, 0.3) is 0 Å². The Hall–Kier alpha value is -2.47. The minimum Gasteiger partial charge on any atom is -0.383 e. The highest BCUT2D eigenvalue weighted by atomic mass is 19.1. The molecule has 2 aromatic rings. The number of hydrogen-bond donors (Lipinski definition) is 2. The second-order valence-corrected chi connectivity index (χ2v) is 6.08. The molecular weight excluding hydrogens is 321 g/mol. The number of aromatic nitrogens is 1. The van der Waals surface area contributed by atoms with E-state index in [4.69, 9.17) is 4.74 Å². The highest BCUT2D eigenvalue weighted by molar-refractivity contribution is 5.92. The van der Waals surface area contributed by atoms with Gasteiger partial charge in [-0.3, -0.25) is 4.79 Å². The molecule has 0 radical (unpaired) electrons. The number of rotatable bonds is 7. The first-order chi connectivity index (χ1) is 12.2. The summed E-state index contributed by atoms with van der Waals surface area (Å²) in [5, 5.41) is 6.09. The van der Waals surface area contributed by atoms with Crippen molar-refractivity contribution in [3.05, 3.63) is 59.7 Å². The van der Waals surface area contributed by atoms with Crippen molar-refractivity contribution in [3.63, 3.8) is 0 Å². The SMILES string of the molecule is O=C(NCC1CCCO1)c1ccc(NCCc2ccc(F)cc2)cn1. The number of carbonyl (C=O) groups excluding carboxylic acids is 1. The van der Waals surface area contributed by atoms with E-state index in [-0.39, 0.29) is 17.8 Å². The number of benzene rings is 1. The number of ether oxygens (including phenoxy) is 1. The van der Waals surface area contributed by atoms with E-state index in [2.05, 4.69) is 15.6 Å². The largest absolute Gasteiger partial charge is 0.383 e. The van der Waals surface area contributed by atoms with Crippen LogP contribution in [0.4, 0.5) is 10.1 Å². The lowest BCUT2D eigenvalue weighted by Gasteiger charge is -2.11. The van der Waals surface area contributed by atoms with Crippen LogP contribution in [0.5, 0.6) is 0 Å². The average molecular weight is 343 g/mol. The van der Waals surface area contributed by atoms with Crippen LogP contribution in [0.2, 0.25) is 0 Å². The summed E-state index contributed by atoms with van der Waals surface area (Å²) in [4.78, 5) is 16.3. The Bertz CT molecular complexity index is 683. The fourth-order valence-corrected chi connectivity index (χ4v) is 2.74. The van der Waals surface area contributed by atoms with Crippen molar-refractivity contribution in [2.24, 2.45) is 0 Å². The standard InChI is InChI=1S/C19H22FN3O2/c20-15-5-3-14(4-6-15)9-10-21-16-7-8-18(22-12-16)19(24)23-13-17-2-1-11-25-17/h3-8,12,17,21H,1-2,9-11,13H2,(H,23,24). The highest BCUT2D eigenvalue weighted by Crippen LogP contribution is 2.11. The molecule has 25 heavy (non-hydrogen) atoms. The van der Waals surface area contributed by atoms with Crippen LogP contribution in [-0.2, 0) is 11.2 Å². The quantitative estimate of drug-likeness (QED) is 0.811. The number of nitrogens with one attached hydrogen (secondary N) is 2. The van der Waals surface area contributed by atoms with E-state index >= 15 is 0 Å². The number of pyridine rings is 1. The monoisotopic (exact) mass is 343 g/mol. The van der Waals surface area contributed by atoms with Gasteiger partial charge >= 0.3 is 0 Å². The number of nitrogens with zero attached hydrogens (tertiary/aromatic N) is 1. The van der Waals surface area contributed by atoms with Crippen LogP contribution in [0.15, 0.2) is 42.6 Å². The number of anilines is 1. The summed E-state index contributed by atoms with van der Waals surface area (Å²) < 4.78 is 18.3. The second kappa shape index (κ2) is 8.58. The summed E-state index contributed by atoms with van der Waals surface area (Å²) in [6, 6.07) is 10.00. The molecule has 2 heterocycles. The molecule has 5 nitrogen and oxygen atoms in total. The third-order valence-corrected chi connectivity index (χ3v) is 4.17. The van der Waals surface area contributed by atoms with Crippen LogP contribution < -0.4 is 10.6 Å². The number of amides is 1. The lowest BCUT2D eigenvalue weighted by Crippen LogP contribution is -2.32. The summed E-state index contributed by atoms with van der Waals surface area (Å²) >= 11 is 0. The van der Waals surface area contributed by atoms with E-state index < -0.39 is 0 Å². The van der Waals surface area contributed by atoms with Gasteiger partial charge in [-0.1, -0.05) is 12.1 Å². The predicted molar refractivity (Wildman–Crippen MR) is 94.1 cm³/mol. The van der Waals surface area contributed by atoms with Gasteiger partial charge in [-0.05, 0) is 49.1 Å². The van der Waals surface area contributed by atoms with E-state index in [1.807, 2.05) is 6.07 Å². The maximum absolute atomic E-state index is 12.9. The van der Waals surface area contributed by atoms with Crippen molar-refractivity contribution in [3.8, 4) is 0 Å². The van der Waals surface area contributed by atoms with Crippen LogP contribution in [-0.4, -0.2) is 36.7 Å². The first-order valence-electron chi connectivity index (χ1n) is 8.55. The highest BCUT2D eigenvalue weighted by Gasteiger charge is 2.17. The van der Waals surface area contributed by atoms with Gasteiger partial charge in [-0.15, -0.1) is 0 Å². The zero-order valence-corrected chi connectivity index (χ0v) is 14.0. The maximum atomic E-state index is 12.9. The molecule has 0 saturated carbocycles. The summed E-state index contributed by atoms with van der Waals surface area (Å²) in [6.07, 6.45) is 4.59. The van der Waals surface area contributed by atoms with E-state index in [1.54, 1.807) is 24.4 Å². The lowest BCUT2D eigenvalue weighted by molar-refractivity contribution is 0.0854. The lowest BCUT2D eigenvalue weighted by atomic mass is 10.1. The van der Waals surface area contributed by atoms with Crippen molar-refractivity contribution in [2.75, 3.05) is 25.0 Å². The third kappa shape index (κ3) is 5.26. The molecule has 1 aromatic carbocycles. The number of carbonyl (C=O) groups is 1. The molecule has 1 atom stereocenters. The molecule has 3 rings (SSSR count). The molecule has 132 valence electrons. The van der Waals surface area contributed by atoms with Crippen LogP contribution in [0.1, 0.15) is 28.9 Å². The van der Waals surface area contributed by atoms with Gasteiger partial charge in [0.05, 0.1) is 18.0 Å². The van der Waals surface area contributed by atoms with Crippen LogP contribution >= 0.6 is 0 Å². The van der Waals surface area contributed by atoms with Crippen molar-refractivity contribution in [1.82, 2.24) is 10.3 Å². The van der Waals surface area contributed by atoms with Crippen molar-refractivity contribution in [2.45, 2.75) is 25.4 Å². The molecule has 1 aliphatic heterocycles. The van der Waals surface area contributed by atoms with Gasteiger partial charge in [0.15, 0.2) is 0 Å². The molecule has 0 aliphatic carbocycles. The van der Waals surface area contributed by atoms with Crippen molar-refractivity contribution in [1.29, 1.82) is 0 Å². The zero-order chi connectivity index (χ0) is 17.5. The molecule has 1 aromatic heterocycles. The van der Waals surface area contributed by atoms with Gasteiger partial charge in [-0.2, -0.15) is 0 Å². The molecule has 1 fully saturated rings. The normalized spacial score (nSPS) is 16.6. The van der Waals surface area contributed by atoms with Gasteiger partial charge < -0.3 is 15.4 Å². The minimum absolute atomic E-state index is 0.122. The molecule has 1 aliphatic rings.